The van der Waals surface area contributed by atoms with Gasteiger partial charge in [0.2, 0.25) is 5.95 Å². The first-order valence-electron chi connectivity index (χ1n) is 7.60. The first kappa shape index (κ1) is 16.9. The van der Waals surface area contributed by atoms with Crippen molar-refractivity contribution in [3.8, 4) is 11.5 Å². The Bertz CT molecular complexity index is 659. The molecule has 2 N–H and O–H groups in total. The predicted molar refractivity (Wildman–Crippen MR) is 92.9 cm³/mol. The van der Waals surface area contributed by atoms with Crippen LogP contribution in [0.4, 0.5) is 17.5 Å². The molecular formula is C17H24N4O2. The van der Waals surface area contributed by atoms with Gasteiger partial charge in [-0.3, -0.25) is 0 Å². The Morgan fingerprint density at radius 1 is 1.04 bits per heavy atom. The molecule has 0 spiro atoms. The second-order valence-electron chi connectivity index (χ2n) is 5.69. The molecule has 6 heteroatoms. The molecule has 0 atom stereocenters. The van der Waals surface area contributed by atoms with Crippen LogP contribution in [0.1, 0.15) is 19.5 Å². The standard InChI is InChI=1S/C17H24N4O2/c1-11(2)10-18-16-8-12(3)19-17(21-16)20-13-6-7-14(22-4)15(9-13)23-5/h6-9,11H,10H2,1-5H3,(H2,18,19,20,21). The van der Waals surface area contributed by atoms with Crippen LogP contribution in [0, 0.1) is 12.8 Å². The van der Waals surface area contributed by atoms with Crippen molar-refractivity contribution in [1.82, 2.24) is 9.97 Å². The first-order valence-corrected chi connectivity index (χ1v) is 7.60. The molecule has 1 aromatic carbocycles. The molecule has 0 unspecified atom stereocenters. The number of anilines is 3. The summed E-state index contributed by atoms with van der Waals surface area (Å²) in [4.78, 5) is 8.91. The van der Waals surface area contributed by atoms with E-state index in [0.717, 1.165) is 23.7 Å². The van der Waals surface area contributed by atoms with Gasteiger partial charge in [-0.1, -0.05) is 13.8 Å². The van der Waals surface area contributed by atoms with Gasteiger partial charge < -0.3 is 20.1 Å². The zero-order valence-corrected chi connectivity index (χ0v) is 14.3. The molecule has 2 aromatic rings. The second kappa shape index (κ2) is 7.67. The highest BCUT2D eigenvalue weighted by Crippen LogP contribution is 2.30. The molecular weight excluding hydrogens is 292 g/mol. The highest BCUT2D eigenvalue weighted by atomic mass is 16.5. The van der Waals surface area contributed by atoms with Gasteiger partial charge in [0.25, 0.3) is 0 Å². The number of hydrogen-bond donors (Lipinski definition) is 2. The summed E-state index contributed by atoms with van der Waals surface area (Å²) in [6.07, 6.45) is 0. The molecule has 0 aliphatic rings. The number of benzene rings is 1. The molecule has 1 heterocycles. The molecule has 1 aromatic heterocycles. The van der Waals surface area contributed by atoms with Crippen molar-refractivity contribution < 1.29 is 9.47 Å². The summed E-state index contributed by atoms with van der Waals surface area (Å²) in [6.45, 7) is 7.13. The molecule has 0 aliphatic heterocycles. The van der Waals surface area contributed by atoms with Crippen LogP contribution < -0.4 is 20.1 Å². The zero-order chi connectivity index (χ0) is 16.8. The number of hydrogen-bond acceptors (Lipinski definition) is 6. The van der Waals surface area contributed by atoms with Crippen LogP contribution in [0.15, 0.2) is 24.3 Å². The van der Waals surface area contributed by atoms with Gasteiger partial charge in [0.1, 0.15) is 5.82 Å². The van der Waals surface area contributed by atoms with E-state index in [-0.39, 0.29) is 0 Å². The van der Waals surface area contributed by atoms with Crippen LogP contribution in [0.25, 0.3) is 0 Å². The normalized spacial score (nSPS) is 10.5. The summed E-state index contributed by atoms with van der Waals surface area (Å²) in [6, 6.07) is 7.52. The molecule has 0 radical (unpaired) electrons. The van der Waals surface area contributed by atoms with Crippen LogP contribution in [-0.2, 0) is 0 Å². The van der Waals surface area contributed by atoms with Gasteiger partial charge in [0, 0.05) is 30.1 Å². The van der Waals surface area contributed by atoms with Gasteiger partial charge in [-0.05, 0) is 25.0 Å². The summed E-state index contributed by atoms with van der Waals surface area (Å²) in [5.41, 5.74) is 1.73. The lowest BCUT2D eigenvalue weighted by Gasteiger charge is -2.13. The SMILES string of the molecule is COc1ccc(Nc2nc(C)cc(NCC(C)C)n2)cc1OC. The molecule has 0 aliphatic carbocycles. The fraction of sp³-hybridized carbons (Fsp3) is 0.412. The Hall–Kier alpha value is -2.50. The number of aromatic nitrogens is 2. The third-order valence-corrected chi connectivity index (χ3v) is 3.19. The number of aryl methyl sites for hydroxylation is 1. The van der Waals surface area contributed by atoms with Crippen molar-refractivity contribution in [1.29, 1.82) is 0 Å². The van der Waals surface area contributed by atoms with E-state index in [2.05, 4.69) is 34.4 Å². The van der Waals surface area contributed by atoms with Crippen molar-refractivity contribution in [3.05, 3.63) is 30.0 Å². The average molecular weight is 316 g/mol. The highest BCUT2D eigenvalue weighted by molar-refractivity contribution is 5.60. The van der Waals surface area contributed by atoms with Crippen molar-refractivity contribution >= 4 is 17.5 Å². The molecule has 0 fully saturated rings. The Kier molecular flexibility index (Phi) is 5.62. The molecule has 0 bridgehead atoms. The Morgan fingerprint density at radius 2 is 1.78 bits per heavy atom. The van der Waals surface area contributed by atoms with Crippen molar-refractivity contribution in [2.75, 3.05) is 31.4 Å². The maximum atomic E-state index is 5.31. The summed E-state index contributed by atoms with van der Waals surface area (Å²) in [7, 11) is 3.22. The number of methoxy groups -OCH3 is 2. The van der Waals surface area contributed by atoms with E-state index in [1.54, 1.807) is 14.2 Å². The smallest absolute Gasteiger partial charge is 0.229 e. The predicted octanol–water partition coefficient (Wildman–Crippen LogP) is 3.61. The maximum absolute atomic E-state index is 5.31. The number of nitrogens with one attached hydrogen (secondary N) is 2. The zero-order valence-electron chi connectivity index (χ0n) is 14.3. The lowest BCUT2D eigenvalue weighted by atomic mass is 10.2. The van der Waals surface area contributed by atoms with Gasteiger partial charge >= 0.3 is 0 Å². The number of nitrogens with zero attached hydrogens (tertiary/aromatic N) is 2. The van der Waals surface area contributed by atoms with Gasteiger partial charge in [-0.25, -0.2) is 4.98 Å². The molecule has 6 nitrogen and oxygen atoms in total. The largest absolute Gasteiger partial charge is 0.493 e. The van der Waals surface area contributed by atoms with Crippen LogP contribution in [0.2, 0.25) is 0 Å². The van der Waals surface area contributed by atoms with Gasteiger partial charge in [-0.15, -0.1) is 0 Å². The molecule has 0 saturated heterocycles. The van der Waals surface area contributed by atoms with Crippen molar-refractivity contribution in [2.45, 2.75) is 20.8 Å². The third kappa shape index (κ3) is 4.74. The molecule has 0 saturated carbocycles. The van der Waals surface area contributed by atoms with E-state index in [4.69, 9.17) is 9.47 Å². The highest BCUT2D eigenvalue weighted by Gasteiger charge is 2.07. The minimum atomic E-state index is 0.545. The summed E-state index contributed by atoms with van der Waals surface area (Å²) < 4.78 is 10.5. The Morgan fingerprint density at radius 3 is 2.43 bits per heavy atom. The topological polar surface area (TPSA) is 68.3 Å². The third-order valence-electron chi connectivity index (χ3n) is 3.19. The molecule has 0 amide bonds. The first-order chi connectivity index (χ1) is 11.0. The lowest BCUT2D eigenvalue weighted by Crippen LogP contribution is -2.10. The van der Waals surface area contributed by atoms with Crippen LogP contribution >= 0.6 is 0 Å². The summed E-state index contributed by atoms with van der Waals surface area (Å²) in [5, 5.41) is 6.52. The monoisotopic (exact) mass is 316 g/mol. The van der Waals surface area contributed by atoms with E-state index in [1.165, 1.54) is 0 Å². The van der Waals surface area contributed by atoms with Crippen LogP contribution in [0.5, 0.6) is 11.5 Å². The van der Waals surface area contributed by atoms with Gasteiger partial charge in [0.15, 0.2) is 11.5 Å². The minimum absolute atomic E-state index is 0.545. The Balaban J connectivity index is 2.19. The number of rotatable bonds is 7. The van der Waals surface area contributed by atoms with Crippen molar-refractivity contribution in [2.24, 2.45) is 5.92 Å². The quantitative estimate of drug-likeness (QED) is 0.813. The van der Waals surface area contributed by atoms with Crippen molar-refractivity contribution in [3.63, 3.8) is 0 Å². The molecule has 23 heavy (non-hydrogen) atoms. The van der Waals surface area contributed by atoms with Gasteiger partial charge in [-0.2, -0.15) is 4.98 Å². The second-order valence-corrected chi connectivity index (χ2v) is 5.69. The molecule has 2 rings (SSSR count). The van der Waals surface area contributed by atoms with Crippen LogP contribution in [0.3, 0.4) is 0 Å². The lowest BCUT2D eigenvalue weighted by molar-refractivity contribution is 0.355. The Labute approximate surface area is 137 Å². The van der Waals surface area contributed by atoms with E-state index in [9.17, 15) is 0 Å². The molecule has 124 valence electrons. The van der Waals surface area contributed by atoms with Gasteiger partial charge in [0.05, 0.1) is 14.2 Å². The summed E-state index contributed by atoms with van der Waals surface area (Å²) >= 11 is 0. The van der Waals surface area contributed by atoms with E-state index in [0.29, 0.717) is 23.4 Å². The van der Waals surface area contributed by atoms with E-state index in [1.807, 2.05) is 31.2 Å². The van der Waals surface area contributed by atoms with E-state index < -0.39 is 0 Å². The van der Waals surface area contributed by atoms with Crippen LogP contribution in [-0.4, -0.2) is 30.7 Å². The minimum Gasteiger partial charge on any atom is -0.493 e. The van der Waals surface area contributed by atoms with E-state index >= 15 is 0 Å². The maximum Gasteiger partial charge on any atom is 0.229 e. The average Bonchev–Trinajstić information content (AvgIpc) is 2.52. The fourth-order valence-electron chi connectivity index (χ4n) is 2.07. The summed E-state index contributed by atoms with van der Waals surface area (Å²) in [5.74, 6) is 3.25. The number of ether oxygens (including phenoxy) is 2. The fourth-order valence-corrected chi connectivity index (χ4v) is 2.07.